The molecule has 1 amide bonds. The van der Waals surface area contributed by atoms with Gasteiger partial charge in [-0.1, -0.05) is 27.5 Å². The summed E-state index contributed by atoms with van der Waals surface area (Å²) in [6.07, 6.45) is 1.61. The number of ether oxygens (including phenoxy) is 1. The molecule has 0 fully saturated rings. The van der Waals surface area contributed by atoms with Crippen LogP contribution in [-0.4, -0.2) is 15.7 Å². The molecule has 0 spiro atoms. The average Bonchev–Trinajstić information content (AvgIpc) is 3.06. The number of amides is 1. The van der Waals surface area contributed by atoms with E-state index in [4.69, 9.17) is 16.3 Å². The predicted octanol–water partition coefficient (Wildman–Crippen LogP) is 5.04. The van der Waals surface area contributed by atoms with Gasteiger partial charge in [0.15, 0.2) is 12.4 Å². The van der Waals surface area contributed by atoms with Crippen LogP contribution in [0.1, 0.15) is 16.1 Å². The third-order valence-electron chi connectivity index (χ3n) is 3.54. The van der Waals surface area contributed by atoms with Crippen molar-refractivity contribution in [3.63, 3.8) is 0 Å². The van der Waals surface area contributed by atoms with Gasteiger partial charge < -0.3 is 10.1 Å². The van der Waals surface area contributed by atoms with Crippen LogP contribution in [0.25, 0.3) is 0 Å². The average molecular weight is 439 g/mol. The van der Waals surface area contributed by atoms with Crippen LogP contribution in [-0.2, 0) is 6.73 Å². The van der Waals surface area contributed by atoms with Crippen molar-refractivity contribution in [2.45, 2.75) is 13.7 Å². The number of carbonyl (C=O) groups is 1. The standard InChI is InChI=1S/C18H14BrClFN3O2/c1-11-8-13(20)3-5-17(11)26-10-24-7-6-16(23-24)18(25)22-15-4-2-12(19)9-14(15)21/h2-9H,10H2,1H3,(H,22,25). The van der Waals surface area contributed by atoms with Gasteiger partial charge in [0.2, 0.25) is 0 Å². The van der Waals surface area contributed by atoms with Gasteiger partial charge in [0.05, 0.1) is 5.69 Å². The molecular formula is C18H14BrClFN3O2. The lowest BCUT2D eigenvalue weighted by atomic mass is 10.2. The van der Waals surface area contributed by atoms with Gasteiger partial charge in [0.1, 0.15) is 11.6 Å². The normalized spacial score (nSPS) is 10.6. The summed E-state index contributed by atoms with van der Waals surface area (Å²) in [7, 11) is 0. The second kappa shape index (κ2) is 7.88. The predicted molar refractivity (Wildman–Crippen MR) is 101 cm³/mol. The molecule has 0 aliphatic carbocycles. The molecule has 0 saturated carbocycles. The lowest BCUT2D eigenvalue weighted by Gasteiger charge is -2.09. The summed E-state index contributed by atoms with van der Waals surface area (Å²) in [6, 6.07) is 11.2. The van der Waals surface area contributed by atoms with E-state index in [0.717, 1.165) is 5.56 Å². The zero-order chi connectivity index (χ0) is 18.7. The Morgan fingerprint density at radius 3 is 2.85 bits per heavy atom. The fourth-order valence-corrected chi connectivity index (χ4v) is 2.80. The smallest absolute Gasteiger partial charge is 0.276 e. The lowest BCUT2D eigenvalue weighted by Crippen LogP contribution is -2.15. The van der Waals surface area contributed by atoms with E-state index < -0.39 is 11.7 Å². The molecule has 0 aliphatic heterocycles. The molecule has 0 saturated heterocycles. The van der Waals surface area contributed by atoms with Gasteiger partial charge in [-0.3, -0.25) is 4.79 Å². The van der Waals surface area contributed by atoms with Gasteiger partial charge in [0, 0.05) is 15.7 Å². The Hall–Kier alpha value is -2.38. The van der Waals surface area contributed by atoms with Crippen LogP contribution in [0.2, 0.25) is 5.02 Å². The minimum Gasteiger partial charge on any atom is -0.471 e. The number of hydrogen-bond donors (Lipinski definition) is 1. The van der Waals surface area contributed by atoms with Gasteiger partial charge in [0.25, 0.3) is 5.91 Å². The fraction of sp³-hybridized carbons (Fsp3) is 0.111. The number of nitrogens with zero attached hydrogens (tertiary/aromatic N) is 2. The van der Waals surface area contributed by atoms with Gasteiger partial charge in [-0.2, -0.15) is 5.10 Å². The van der Waals surface area contributed by atoms with Crippen molar-refractivity contribution in [2.75, 3.05) is 5.32 Å². The number of anilines is 1. The monoisotopic (exact) mass is 437 g/mol. The van der Waals surface area contributed by atoms with E-state index in [2.05, 4.69) is 26.3 Å². The van der Waals surface area contributed by atoms with Crippen LogP contribution in [0, 0.1) is 12.7 Å². The van der Waals surface area contributed by atoms with Crippen molar-refractivity contribution in [1.82, 2.24) is 9.78 Å². The summed E-state index contributed by atoms with van der Waals surface area (Å²) in [4.78, 5) is 12.2. The minimum atomic E-state index is -0.534. The summed E-state index contributed by atoms with van der Waals surface area (Å²) in [5.74, 6) is -0.366. The highest BCUT2D eigenvalue weighted by atomic mass is 79.9. The third-order valence-corrected chi connectivity index (χ3v) is 4.27. The number of aryl methyl sites for hydroxylation is 1. The Balaban J connectivity index is 1.64. The molecule has 3 rings (SSSR count). The van der Waals surface area contributed by atoms with Crippen molar-refractivity contribution in [3.8, 4) is 5.75 Å². The second-order valence-electron chi connectivity index (χ2n) is 5.50. The largest absolute Gasteiger partial charge is 0.471 e. The Morgan fingerprint density at radius 2 is 2.12 bits per heavy atom. The molecule has 0 radical (unpaired) electrons. The van der Waals surface area contributed by atoms with E-state index >= 15 is 0 Å². The van der Waals surface area contributed by atoms with Crippen LogP contribution in [0.3, 0.4) is 0 Å². The molecule has 134 valence electrons. The highest BCUT2D eigenvalue weighted by Crippen LogP contribution is 2.22. The van der Waals surface area contributed by atoms with Gasteiger partial charge in [-0.15, -0.1) is 0 Å². The summed E-state index contributed by atoms with van der Waals surface area (Å²) in [5.41, 5.74) is 1.14. The Morgan fingerprint density at radius 1 is 1.31 bits per heavy atom. The van der Waals surface area contributed by atoms with Crippen LogP contribution in [0.15, 0.2) is 53.1 Å². The Kier molecular flexibility index (Phi) is 5.58. The SMILES string of the molecule is Cc1cc(Cl)ccc1OCn1ccc(C(=O)Nc2ccc(Br)cc2F)n1. The summed E-state index contributed by atoms with van der Waals surface area (Å²) in [6.45, 7) is 2.01. The molecule has 8 heteroatoms. The molecule has 1 N–H and O–H groups in total. The molecule has 0 atom stereocenters. The summed E-state index contributed by atoms with van der Waals surface area (Å²) < 4.78 is 21.5. The molecule has 3 aromatic rings. The van der Waals surface area contributed by atoms with Crippen LogP contribution in [0.5, 0.6) is 5.75 Å². The first kappa shape index (κ1) is 18.4. The Bertz CT molecular complexity index is 961. The van der Waals surface area contributed by atoms with Crippen molar-refractivity contribution in [1.29, 1.82) is 0 Å². The number of nitrogens with one attached hydrogen (secondary N) is 1. The molecular weight excluding hydrogens is 425 g/mol. The number of rotatable bonds is 5. The quantitative estimate of drug-likeness (QED) is 0.607. The van der Waals surface area contributed by atoms with Gasteiger partial charge >= 0.3 is 0 Å². The lowest BCUT2D eigenvalue weighted by molar-refractivity contribution is 0.101. The first-order valence-electron chi connectivity index (χ1n) is 7.61. The zero-order valence-corrected chi connectivity index (χ0v) is 16.0. The second-order valence-corrected chi connectivity index (χ2v) is 6.85. The van der Waals surface area contributed by atoms with Crippen LogP contribution in [0.4, 0.5) is 10.1 Å². The number of hydrogen-bond acceptors (Lipinski definition) is 3. The van der Waals surface area contributed by atoms with E-state index in [0.29, 0.717) is 15.2 Å². The minimum absolute atomic E-state index is 0.0841. The molecule has 1 heterocycles. The van der Waals surface area contributed by atoms with E-state index in [1.807, 2.05) is 6.92 Å². The van der Waals surface area contributed by atoms with E-state index in [-0.39, 0.29) is 18.1 Å². The topological polar surface area (TPSA) is 56.1 Å². The molecule has 0 aliphatic rings. The maximum Gasteiger partial charge on any atom is 0.276 e. The number of aromatic nitrogens is 2. The number of benzene rings is 2. The van der Waals surface area contributed by atoms with Crippen molar-refractivity contribution in [2.24, 2.45) is 0 Å². The van der Waals surface area contributed by atoms with E-state index in [1.165, 1.54) is 22.9 Å². The van der Waals surface area contributed by atoms with Gasteiger partial charge in [-0.25, -0.2) is 9.07 Å². The maximum absolute atomic E-state index is 13.8. The molecule has 0 bridgehead atoms. The highest BCUT2D eigenvalue weighted by Gasteiger charge is 2.13. The molecule has 5 nitrogen and oxygen atoms in total. The molecule has 1 aromatic heterocycles. The molecule has 2 aromatic carbocycles. The zero-order valence-electron chi connectivity index (χ0n) is 13.7. The van der Waals surface area contributed by atoms with Crippen molar-refractivity contribution < 1.29 is 13.9 Å². The van der Waals surface area contributed by atoms with Crippen molar-refractivity contribution in [3.05, 3.63) is 75.2 Å². The Labute approximate surface area is 162 Å². The van der Waals surface area contributed by atoms with Crippen LogP contribution >= 0.6 is 27.5 Å². The fourth-order valence-electron chi connectivity index (χ4n) is 2.24. The summed E-state index contributed by atoms with van der Waals surface area (Å²) in [5, 5.41) is 7.26. The van der Waals surface area contributed by atoms with E-state index in [9.17, 15) is 9.18 Å². The van der Waals surface area contributed by atoms with Gasteiger partial charge in [-0.05, 0) is 55.0 Å². The maximum atomic E-state index is 13.8. The first-order valence-corrected chi connectivity index (χ1v) is 8.78. The van der Waals surface area contributed by atoms with Crippen molar-refractivity contribution >= 4 is 39.1 Å². The molecule has 26 heavy (non-hydrogen) atoms. The third kappa shape index (κ3) is 4.42. The summed E-state index contributed by atoms with van der Waals surface area (Å²) >= 11 is 9.08. The number of carbonyl (C=O) groups excluding carboxylic acids is 1. The molecule has 0 unspecified atom stereocenters. The first-order chi connectivity index (χ1) is 12.4. The number of halogens is 3. The van der Waals surface area contributed by atoms with Crippen LogP contribution < -0.4 is 10.1 Å². The van der Waals surface area contributed by atoms with E-state index in [1.54, 1.807) is 30.5 Å². The highest BCUT2D eigenvalue weighted by molar-refractivity contribution is 9.10.